The van der Waals surface area contributed by atoms with Crippen LogP contribution in [0.4, 0.5) is 10.5 Å². The quantitative estimate of drug-likeness (QED) is 0.771. The van der Waals surface area contributed by atoms with Gasteiger partial charge < -0.3 is 5.32 Å². The minimum Gasteiger partial charge on any atom is -0.338 e. The number of carbonyl (C=O) groups is 1. The molecule has 6 nitrogen and oxygen atoms in total. The summed E-state index contributed by atoms with van der Waals surface area (Å²) in [6.07, 6.45) is 7.93. The Labute approximate surface area is 156 Å². The van der Waals surface area contributed by atoms with Crippen LogP contribution in [-0.2, 0) is 16.4 Å². The van der Waals surface area contributed by atoms with Gasteiger partial charge in [0.1, 0.15) is 0 Å². The lowest BCUT2D eigenvalue weighted by Gasteiger charge is -2.19. The molecule has 2 amide bonds. The van der Waals surface area contributed by atoms with E-state index in [4.69, 9.17) is 0 Å². The van der Waals surface area contributed by atoms with Crippen LogP contribution in [0.1, 0.15) is 57.4 Å². The van der Waals surface area contributed by atoms with E-state index in [-0.39, 0.29) is 12.1 Å². The van der Waals surface area contributed by atoms with Crippen molar-refractivity contribution in [2.75, 3.05) is 18.0 Å². The molecule has 0 bridgehead atoms. The predicted octanol–water partition coefficient (Wildman–Crippen LogP) is 3.17. The molecule has 1 fully saturated rings. The van der Waals surface area contributed by atoms with E-state index < -0.39 is 10.0 Å². The number of benzene rings is 1. The second kappa shape index (κ2) is 8.39. The highest BCUT2D eigenvalue weighted by Crippen LogP contribution is 2.30. The Hall–Kier alpha value is -1.60. The maximum atomic E-state index is 12.8. The first-order valence-corrected chi connectivity index (χ1v) is 11.2. The molecule has 1 saturated carbocycles. The first kappa shape index (κ1) is 19.2. The Morgan fingerprint density at radius 3 is 2.62 bits per heavy atom. The van der Waals surface area contributed by atoms with Gasteiger partial charge >= 0.3 is 6.03 Å². The van der Waals surface area contributed by atoms with Gasteiger partial charge in [-0.1, -0.05) is 32.6 Å². The SMILES string of the molecule is CCCNC(=O)N1CCc2cc(S(=O)(=O)NC3CCCCCC3)ccc21. The van der Waals surface area contributed by atoms with Crippen LogP contribution in [0.5, 0.6) is 0 Å². The second-order valence-corrected chi connectivity index (χ2v) is 8.95. The fourth-order valence-electron chi connectivity index (χ4n) is 3.77. The largest absolute Gasteiger partial charge is 0.338 e. The number of rotatable bonds is 5. The van der Waals surface area contributed by atoms with Crippen LogP contribution >= 0.6 is 0 Å². The molecule has 1 aromatic rings. The highest BCUT2D eigenvalue weighted by atomic mass is 32.2. The van der Waals surface area contributed by atoms with Gasteiger partial charge in [0.25, 0.3) is 0 Å². The maximum absolute atomic E-state index is 12.8. The number of anilines is 1. The van der Waals surface area contributed by atoms with Crippen LogP contribution in [-0.4, -0.2) is 33.6 Å². The van der Waals surface area contributed by atoms with Crippen LogP contribution in [0.15, 0.2) is 23.1 Å². The summed E-state index contributed by atoms with van der Waals surface area (Å²) in [6.45, 7) is 3.24. The fraction of sp³-hybridized carbons (Fsp3) is 0.632. The van der Waals surface area contributed by atoms with E-state index in [0.29, 0.717) is 24.4 Å². The molecular weight excluding hydrogens is 350 g/mol. The van der Waals surface area contributed by atoms with Gasteiger partial charge in [-0.15, -0.1) is 0 Å². The first-order valence-electron chi connectivity index (χ1n) is 9.72. The molecule has 1 heterocycles. The van der Waals surface area contributed by atoms with Crippen molar-refractivity contribution in [3.63, 3.8) is 0 Å². The summed E-state index contributed by atoms with van der Waals surface area (Å²) >= 11 is 0. The van der Waals surface area contributed by atoms with Crippen molar-refractivity contribution in [2.24, 2.45) is 0 Å². The average molecular weight is 380 g/mol. The van der Waals surface area contributed by atoms with Gasteiger partial charge in [0.15, 0.2) is 0 Å². The Kier molecular flexibility index (Phi) is 6.19. The number of hydrogen-bond acceptors (Lipinski definition) is 3. The summed E-state index contributed by atoms with van der Waals surface area (Å²) < 4.78 is 28.4. The van der Waals surface area contributed by atoms with Gasteiger partial charge in [-0.25, -0.2) is 17.9 Å². The number of nitrogens with one attached hydrogen (secondary N) is 2. The summed E-state index contributed by atoms with van der Waals surface area (Å²) in [5.74, 6) is 0. The van der Waals surface area contributed by atoms with E-state index in [1.807, 2.05) is 6.92 Å². The zero-order valence-electron chi connectivity index (χ0n) is 15.5. The van der Waals surface area contributed by atoms with Crippen LogP contribution in [0.25, 0.3) is 0 Å². The Bertz CT molecular complexity index is 740. The van der Waals surface area contributed by atoms with E-state index in [0.717, 1.165) is 43.4 Å². The smallest absolute Gasteiger partial charge is 0.321 e. The molecule has 1 aliphatic heterocycles. The first-order chi connectivity index (χ1) is 12.5. The van der Waals surface area contributed by atoms with Crippen molar-refractivity contribution in [2.45, 2.75) is 69.2 Å². The van der Waals surface area contributed by atoms with Crippen molar-refractivity contribution >= 4 is 21.7 Å². The van der Waals surface area contributed by atoms with Crippen molar-refractivity contribution in [1.29, 1.82) is 0 Å². The van der Waals surface area contributed by atoms with Gasteiger partial charge in [-0.2, -0.15) is 0 Å². The average Bonchev–Trinajstić information content (AvgIpc) is 2.89. The third-order valence-electron chi connectivity index (χ3n) is 5.21. The standard InChI is InChI=1S/C19H29N3O3S/c1-2-12-20-19(23)22-13-11-15-14-17(9-10-18(15)22)26(24,25)21-16-7-5-3-4-6-8-16/h9-10,14,16,21H,2-8,11-13H2,1H3,(H,20,23). The number of amides is 2. The molecule has 26 heavy (non-hydrogen) atoms. The maximum Gasteiger partial charge on any atom is 0.321 e. The summed E-state index contributed by atoms with van der Waals surface area (Å²) in [5, 5.41) is 2.88. The number of hydrogen-bond donors (Lipinski definition) is 2. The van der Waals surface area contributed by atoms with Gasteiger partial charge in [-0.05, 0) is 49.4 Å². The molecule has 1 aliphatic carbocycles. The van der Waals surface area contributed by atoms with Gasteiger partial charge in [-0.3, -0.25) is 4.90 Å². The van der Waals surface area contributed by atoms with Crippen LogP contribution in [0, 0.1) is 0 Å². The molecule has 0 atom stereocenters. The number of sulfonamides is 1. The predicted molar refractivity (Wildman–Crippen MR) is 103 cm³/mol. The summed E-state index contributed by atoms with van der Waals surface area (Å²) in [5.41, 5.74) is 1.73. The molecule has 3 rings (SSSR count). The molecule has 2 N–H and O–H groups in total. The molecule has 0 radical (unpaired) electrons. The third-order valence-corrected chi connectivity index (χ3v) is 6.72. The van der Waals surface area contributed by atoms with Crippen molar-refractivity contribution in [3.05, 3.63) is 23.8 Å². The Morgan fingerprint density at radius 2 is 1.92 bits per heavy atom. The molecule has 0 spiro atoms. The van der Waals surface area contributed by atoms with Crippen molar-refractivity contribution < 1.29 is 13.2 Å². The van der Waals surface area contributed by atoms with E-state index in [1.54, 1.807) is 23.1 Å². The number of urea groups is 1. The minimum atomic E-state index is -3.52. The molecule has 144 valence electrons. The normalized spacial score (nSPS) is 18.4. The number of nitrogens with zero attached hydrogens (tertiary/aromatic N) is 1. The van der Waals surface area contributed by atoms with Gasteiger partial charge in [0, 0.05) is 24.8 Å². The topological polar surface area (TPSA) is 78.5 Å². The highest BCUT2D eigenvalue weighted by Gasteiger charge is 2.27. The molecule has 0 unspecified atom stereocenters. The van der Waals surface area contributed by atoms with Crippen molar-refractivity contribution in [1.82, 2.24) is 10.0 Å². The molecule has 1 aromatic carbocycles. The summed E-state index contributed by atoms with van der Waals surface area (Å²) in [7, 11) is -3.52. The lowest BCUT2D eigenvalue weighted by molar-refractivity contribution is 0.247. The monoisotopic (exact) mass is 379 g/mol. The fourth-order valence-corrected chi connectivity index (χ4v) is 5.12. The van der Waals surface area contributed by atoms with Crippen molar-refractivity contribution in [3.8, 4) is 0 Å². The highest BCUT2D eigenvalue weighted by molar-refractivity contribution is 7.89. The minimum absolute atomic E-state index is 0.0343. The number of fused-ring (bicyclic) bond motifs is 1. The summed E-state index contributed by atoms with van der Waals surface area (Å²) in [6, 6.07) is 5.02. The molecule has 0 aromatic heterocycles. The zero-order valence-corrected chi connectivity index (χ0v) is 16.3. The van der Waals surface area contributed by atoms with E-state index in [1.165, 1.54) is 12.8 Å². The molecular formula is C19H29N3O3S. The Morgan fingerprint density at radius 1 is 1.19 bits per heavy atom. The van der Waals surface area contributed by atoms with Crippen LogP contribution in [0.2, 0.25) is 0 Å². The summed E-state index contributed by atoms with van der Waals surface area (Å²) in [4.78, 5) is 14.2. The third kappa shape index (κ3) is 4.38. The van der Waals surface area contributed by atoms with E-state index >= 15 is 0 Å². The van der Waals surface area contributed by atoms with E-state index in [2.05, 4.69) is 10.0 Å². The molecule has 0 saturated heterocycles. The zero-order chi connectivity index (χ0) is 18.6. The lowest BCUT2D eigenvalue weighted by atomic mass is 10.1. The lowest BCUT2D eigenvalue weighted by Crippen LogP contribution is -2.39. The second-order valence-electron chi connectivity index (χ2n) is 7.23. The van der Waals surface area contributed by atoms with Crippen LogP contribution in [0.3, 0.4) is 0 Å². The van der Waals surface area contributed by atoms with E-state index in [9.17, 15) is 13.2 Å². The molecule has 2 aliphatic rings. The van der Waals surface area contributed by atoms with Gasteiger partial charge in [0.2, 0.25) is 10.0 Å². The van der Waals surface area contributed by atoms with Gasteiger partial charge in [0.05, 0.1) is 4.90 Å². The number of carbonyl (C=O) groups excluding carboxylic acids is 1. The van der Waals surface area contributed by atoms with Crippen LogP contribution < -0.4 is 14.9 Å². The Balaban J connectivity index is 1.73. The molecule has 7 heteroatoms.